The van der Waals surface area contributed by atoms with Crippen LogP contribution in [-0.4, -0.2) is 56.2 Å². The van der Waals surface area contributed by atoms with Crippen molar-refractivity contribution in [3.63, 3.8) is 0 Å². The third kappa shape index (κ3) is 3.98. The summed E-state index contributed by atoms with van der Waals surface area (Å²) < 4.78 is 14.8. The number of esters is 1. The molecule has 1 heterocycles. The van der Waals surface area contributed by atoms with E-state index in [1.807, 2.05) is 0 Å². The number of nitrogens with zero attached hydrogens (tertiary/aromatic N) is 2. The molecular weight excluding hydrogens is 356 g/mol. The predicted octanol–water partition coefficient (Wildman–Crippen LogP) is 1.92. The molecule has 0 spiro atoms. The van der Waals surface area contributed by atoms with Gasteiger partial charge in [-0.05, 0) is 24.6 Å². The lowest BCUT2D eigenvalue weighted by molar-refractivity contribution is -0.385. The van der Waals surface area contributed by atoms with Gasteiger partial charge in [-0.1, -0.05) is 6.07 Å². The Hall–Kier alpha value is -3.20. The van der Waals surface area contributed by atoms with Gasteiger partial charge in [0, 0.05) is 25.4 Å². The Kier molecular flexibility index (Phi) is 6.30. The molecule has 0 atom stereocenters. The van der Waals surface area contributed by atoms with E-state index in [0.29, 0.717) is 17.9 Å². The van der Waals surface area contributed by atoms with E-state index in [4.69, 9.17) is 14.2 Å². The molecule has 9 heteroatoms. The summed E-state index contributed by atoms with van der Waals surface area (Å²) in [5.41, 5.74) is 0.813. The van der Waals surface area contributed by atoms with Crippen LogP contribution >= 0.6 is 0 Å². The molecule has 0 saturated carbocycles. The number of allylic oxidation sites excluding steroid dienone is 1. The van der Waals surface area contributed by atoms with Crippen molar-refractivity contribution in [2.24, 2.45) is 0 Å². The quantitative estimate of drug-likeness (QED) is 0.310. The van der Waals surface area contributed by atoms with Crippen molar-refractivity contribution in [1.82, 2.24) is 4.90 Å². The number of amides is 1. The van der Waals surface area contributed by atoms with Crippen LogP contribution in [0.3, 0.4) is 0 Å². The van der Waals surface area contributed by atoms with Gasteiger partial charge in [-0.25, -0.2) is 4.79 Å². The first-order valence-electron chi connectivity index (χ1n) is 8.00. The minimum atomic E-state index is -0.657. The van der Waals surface area contributed by atoms with Gasteiger partial charge >= 0.3 is 11.7 Å². The Balaban J connectivity index is 2.54. The van der Waals surface area contributed by atoms with E-state index in [2.05, 4.69) is 0 Å². The lowest BCUT2D eigenvalue weighted by Crippen LogP contribution is -2.28. The number of rotatable bonds is 7. The number of carbonyl (C=O) groups excluding carboxylic acids is 2. The number of nitro groups is 1. The van der Waals surface area contributed by atoms with Crippen LogP contribution in [0.4, 0.5) is 5.69 Å². The summed E-state index contributed by atoms with van der Waals surface area (Å²) in [5, 5.41) is 11.2. The first kappa shape index (κ1) is 20.1. The molecule has 9 nitrogen and oxygen atoms in total. The van der Waals surface area contributed by atoms with Crippen LogP contribution in [-0.2, 0) is 19.1 Å². The Bertz CT molecular complexity index is 842. The zero-order chi connectivity index (χ0) is 20.1. The van der Waals surface area contributed by atoms with Gasteiger partial charge in [0.2, 0.25) is 0 Å². The Morgan fingerprint density at radius 2 is 2.00 bits per heavy atom. The molecule has 0 aromatic heterocycles. The minimum absolute atomic E-state index is 0.0986. The van der Waals surface area contributed by atoms with Crippen LogP contribution in [0.5, 0.6) is 5.75 Å². The second-order valence-electron chi connectivity index (χ2n) is 5.65. The van der Waals surface area contributed by atoms with E-state index in [1.165, 1.54) is 44.4 Å². The fourth-order valence-electron chi connectivity index (χ4n) is 2.79. The predicted molar refractivity (Wildman–Crippen MR) is 95.9 cm³/mol. The van der Waals surface area contributed by atoms with Gasteiger partial charge in [0.05, 0.1) is 36.9 Å². The molecule has 0 N–H and O–H groups in total. The molecule has 0 bridgehead atoms. The monoisotopic (exact) mass is 376 g/mol. The molecule has 1 aromatic carbocycles. The van der Waals surface area contributed by atoms with Crippen molar-refractivity contribution in [3.8, 4) is 5.75 Å². The van der Waals surface area contributed by atoms with Crippen molar-refractivity contribution in [2.45, 2.75) is 6.92 Å². The average Bonchev–Trinajstić information content (AvgIpc) is 2.89. The largest absolute Gasteiger partial charge is 0.490 e. The van der Waals surface area contributed by atoms with Crippen LogP contribution in [0.25, 0.3) is 6.08 Å². The third-order valence-electron chi connectivity index (χ3n) is 4.13. The number of hydrogen-bond acceptors (Lipinski definition) is 7. The van der Waals surface area contributed by atoms with Crippen molar-refractivity contribution >= 4 is 23.6 Å². The SMILES string of the molecule is COCCN1C(=O)C(=Cc2ccc(OC)c([N+](=O)[O-])c2)C(C(=O)OC)=C1C. The van der Waals surface area contributed by atoms with Gasteiger partial charge in [-0.15, -0.1) is 0 Å². The number of nitro benzene ring substituents is 1. The van der Waals surface area contributed by atoms with E-state index in [1.54, 1.807) is 13.0 Å². The molecule has 1 aromatic rings. The molecule has 144 valence electrons. The second kappa shape index (κ2) is 8.45. The van der Waals surface area contributed by atoms with Crippen LogP contribution in [0, 0.1) is 10.1 Å². The molecule has 27 heavy (non-hydrogen) atoms. The van der Waals surface area contributed by atoms with E-state index in [-0.39, 0.29) is 29.1 Å². The number of methoxy groups -OCH3 is 3. The summed E-state index contributed by atoms with van der Waals surface area (Å²) in [6.07, 6.45) is 1.43. The highest BCUT2D eigenvalue weighted by Crippen LogP contribution is 2.33. The highest BCUT2D eigenvalue weighted by Gasteiger charge is 2.36. The summed E-state index contributed by atoms with van der Waals surface area (Å²) >= 11 is 0. The van der Waals surface area contributed by atoms with E-state index in [0.717, 1.165) is 0 Å². The summed E-state index contributed by atoms with van der Waals surface area (Å²) in [6.45, 7) is 2.19. The Morgan fingerprint density at radius 3 is 2.56 bits per heavy atom. The maximum atomic E-state index is 12.8. The van der Waals surface area contributed by atoms with Gasteiger partial charge in [0.15, 0.2) is 5.75 Å². The van der Waals surface area contributed by atoms with Gasteiger partial charge in [-0.3, -0.25) is 14.9 Å². The van der Waals surface area contributed by atoms with Gasteiger partial charge < -0.3 is 19.1 Å². The van der Waals surface area contributed by atoms with Crippen LogP contribution < -0.4 is 4.74 Å². The van der Waals surface area contributed by atoms with Crippen molar-refractivity contribution in [2.75, 3.05) is 34.5 Å². The van der Waals surface area contributed by atoms with Crippen molar-refractivity contribution in [3.05, 3.63) is 50.7 Å². The van der Waals surface area contributed by atoms with E-state index >= 15 is 0 Å². The minimum Gasteiger partial charge on any atom is -0.490 e. The standard InChI is InChI=1S/C18H20N2O7/c1-11-16(18(22)27-4)13(17(21)19(11)7-8-25-2)9-12-5-6-15(26-3)14(10-12)20(23)24/h5-6,9-10H,7-8H2,1-4H3. The maximum absolute atomic E-state index is 12.8. The second-order valence-corrected chi connectivity index (χ2v) is 5.65. The first-order valence-corrected chi connectivity index (χ1v) is 8.00. The van der Waals surface area contributed by atoms with Gasteiger partial charge in [-0.2, -0.15) is 0 Å². The van der Waals surface area contributed by atoms with Gasteiger partial charge in [0.1, 0.15) is 0 Å². The highest BCUT2D eigenvalue weighted by molar-refractivity contribution is 6.16. The molecule has 0 radical (unpaired) electrons. The lowest BCUT2D eigenvalue weighted by atomic mass is 10.0. The smallest absolute Gasteiger partial charge is 0.340 e. The molecular formula is C18H20N2O7. The summed E-state index contributed by atoms with van der Waals surface area (Å²) in [4.78, 5) is 37.0. The van der Waals surface area contributed by atoms with E-state index in [9.17, 15) is 19.7 Å². The molecule has 1 amide bonds. The maximum Gasteiger partial charge on any atom is 0.340 e. The molecule has 0 unspecified atom stereocenters. The summed E-state index contributed by atoms with van der Waals surface area (Å²) in [6, 6.07) is 4.27. The zero-order valence-corrected chi connectivity index (χ0v) is 15.5. The topological polar surface area (TPSA) is 108 Å². The van der Waals surface area contributed by atoms with E-state index < -0.39 is 16.8 Å². The average molecular weight is 376 g/mol. The van der Waals surface area contributed by atoms with Crippen molar-refractivity contribution in [1.29, 1.82) is 0 Å². The highest BCUT2D eigenvalue weighted by atomic mass is 16.6. The molecule has 0 saturated heterocycles. The normalized spacial score (nSPS) is 15.5. The summed E-state index contributed by atoms with van der Waals surface area (Å²) in [7, 11) is 4.06. The number of benzene rings is 1. The third-order valence-corrected chi connectivity index (χ3v) is 4.13. The molecule has 0 fully saturated rings. The number of hydrogen-bond donors (Lipinski definition) is 0. The molecule has 2 rings (SSSR count). The Morgan fingerprint density at radius 1 is 1.30 bits per heavy atom. The number of carbonyl (C=O) groups is 2. The van der Waals surface area contributed by atoms with Crippen LogP contribution in [0.2, 0.25) is 0 Å². The van der Waals surface area contributed by atoms with Crippen molar-refractivity contribution < 1.29 is 28.7 Å². The first-order chi connectivity index (χ1) is 12.8. The fourth-order valence-corrected chi connectivity index (χ4v) is 2.79. The lowest BCUT2D eigenvalue weighted by Gasteiger charge is -2.16. The van der Waals surface area contributed by atoms with Crippen LogP contribution in [0.1, 0.15) is 12.5 Å². The Labute approximate surface area is 156 Å². The number of ether oxygens (including phenoxy) is 3. The van der Waals surface area contributed by atoms with Gasteiger partial charge in [0.25, 0.3) is 5.91 Å². The summed E-state index contributed by atoms with van der Waals surface area (Å²) in [5.74, 6) is -0.958. The van der Waals surface area contributed by atoms with Crippen LogP contribution in [0.15, 0.2) is 35.0 Å². The molecule has 1 aliphatic heterocycles. The molecule has 1 aliphatic rings. The zero-order valence-electron chi connectivity index (χ0n) is 15.5. The molecule has 0 aliphatic carbocycles. The fraction of sp³-hybridized carbons (Fsp3) is 0.333.